The molecule has 1 aliphatic carbocycles. The second-order valence-electron chi connectivity index (χ2n) is 6.34. The number of nitrogens with zero attached hydrogens (tertiary/aromatic N) is 1. The lowest BCUT2D eigenvalue weighted by molar-refractivity contribution is -0.155. The van der Waals surface area contributed by atoms with Crippen molar-refractivity contribution in [2.45, 2.75) is 28.3 Å². The summed E-state index contributed by atoms with van der Waals surface area (Å²) in [6, 6.07) is 13.6. The van der Waals surface area contributed by atoms with Crippen LogP contribution >= 0.6 is 23.3 Å². The average Bonchev–Trinajstić information content (AvgIpc) is 2.99. The van der Waals surface area contributed by atoms with E-state index in [1.165, 1.54) is 11.3 Å². The van der Waals surface area contributed by atoms with Crippen LogP contribution in [0, 0.1) is 0 Å². The van der Waals surface area contributed by atoms with E-state index in [1.54, 1.807) is 12.1 Å². The van der Waals surface area contributed by atoms with Crippen LogP contribution in [0.25, 0.3) is 10.6 Å². The molecule has 0 aliphatic heterocycles. The van der Waals surface area contributed by atoms with Crippen LogP contribution < -0.4 is 4.72 Å². The van der Waals surface area contributed by atoms with E-state index in [2.05, 4.69) is 14.4 Å². The van der Waals surface area contributed by atoms with E-state index in [-0.39, 0.29) is 11.6 Å². The third kappa shape index (κ3) is 3.54. The van der Waals surface area contributed by atoms with E-state index in [9.17, 15) is 23.1 Å². The number of halogens is 3. The van der Waals surface area contributed by atoms with E-state index < -0.39 is 23.4 Å². The molecule has 2 atom stereocenters. The maximum Gasteiger partial charge on any atom is 0.452 e. The molecule has 1 aromatic carbocycles. The highest BCUT2D eigenvalue weighted by Crippen LogP contribution is 2.53. The summed E-state index contributed by atoms with van der Waals surface area (Å²) in [5.74, 6) is -2.23. The second-order valence-corrected chi connectivity index (χ2v) is 8.53. The predicted molar refractivity (Wildman–Crippen MR) is 98.0 cm³/mol. The zero-order chi connectivity index (χ0) is 19.9. The number of thiophene rings is 1. The van der Waals surface area contributed by atoms with Crippen LogP contribution in [-0.4, -0.2) is 21.8 Å². The molecule has 0 saturated heterocycles. The number of carbonyl (C=O) groups is 1. The Morgan fingerprint density at radius 2 is 2.04 bits per heavy atom. The Morgan fingerprint density at radius 1 is 1.29 bits per heavy atom. The monoisotopic (exact) mass is 426 g/mol. The molecule has 1 fully saturated rings. The highest BCUT2D eigenvalue weighted by molar-refractivity contribution is 7.99. The van der Waals surface area contributed by atoms with E-state index in [1.807, 2.05) is 30.3 Å². The molecule has 0 radical (unpaired) electrons. The van der Waals surface area contributed by atoms with E-state index >= 15 is 0 Å². The van der Waals surface area contributed by atoms with Crippen LogP contribution in [0.15, 0.2) is 57.3 Å². The summed E-state index contributed by atoms with van der Waals surface area (Å²) in [5, 5.41) is 13.1. The number of aromatic nitrogens is 1. The first kappa shape index (κ1) is 19.0. The summed E-state index contributed by atoms with van der Waals surface area (Å²) in [4.78, 5) is 12.3. The molecule has 1 aliphatic rings. The van der Waals surface area contributed by atoms with E-state index in [0.29, 0.717) is 15.5 Å². The fourth-order valence-electron chi connectivity index (χ4n) is 2.92. The Hall–Kier alpha value is -2.30. The van der Waals surface area contributed by atoms with Gasteiger partial charge in [0.2, 0.25) is 5.76 Å². The second kappa shape index (κ2) is 6.94. The molecule has 1 saturated carbocycles. The van der Waals surface area contributed by atoms with Crippen molar-refractivity contribution in [2.24, 2.45) is 0 Å². The minimum atomic E-state index is -4.59. The normalized spacial score (nSPS) is 21.6. The molecule has 3 aromatic rings. The highest BCUT2D eigenvalue weighted by Gasteiger charge is 2.61. The number of hydrogen-bond donors (Lipinski definition) is 2. The summed E-state index contributed by atoms with van der Waals surface area (Å²) < 4.78 is 46.0. The zero-order valence-corrected chi connectivity index (χ0v) is 15.7. The molecule has 0 spiro atoms. The molecule has 4 rings (SSSR count). The summed E-state index contributed by atoms with van der Waals surface area (Å²) >= 11 is 2.36. The molecule has 2 heterocycles. The highest BCUT2D eigenvalue weighted by atomic mass is 32.2. The van der Waals surface area contributed by atoms with Crippen LogP contribution in [0.2, 0.25) is 0 Å². The molecule has 2 unspecified atom stereocenters. The van der Waals surface area contributed by atoms with Gasteiger partial charge in [-0.3, -0.25) is 4.79 Å². The third-order valence-corrected chi connectivity index (χ3v) is 6.71. The Bertz CT molecular complexity index is 1000. The number of nitrogens with one attached hydrogen (secondary N) is 1. The van der Waals surface area contributed by atoms with Crippen molar-refractivity contribution >= 4 is 29.3 Å². The maximum atomic E-state index is 12.6. The summed E-state index contributed by atoms with van der Waals surface area (Å²) in [6.45, 7) is 0. The quantitative estimate of drug-likeness (QED) is 0.539. The molecule has 10 heteroatoms. The third-order valence-electron chi connectivity index (χ3n) is 4.50. The minimum Gasteiger partial charge on any atom is -0.480 e. The molecular formula is C18H13F3N2O3S2. The van der Waals surface area contributed by atoms with Crippen molar-refractivity contribution in [2.75, 3.05) is 0 Å². The van der Waals surface area contributed by atoms with Gasteiger partial charge in [-0.2, -0.15) is 13.2 Å². The average molecular weight is 426 g/mol. The molecule has 146 valence electrons. The number of aliphatic carboxylic acids is 1. The van der Waals surface area contributed by atoms with Crippen LogP contribution in [0.3, 0.4) is 0 Å². The van der Waals surface area contributed by atoms with Gasteiger partial charge in [-0.1, -0.05) is 35.5 Å². The van der Waals surface area contributed by atoms with Gasteiger partial charge in [-0.25, -0.2) is 4.72 Å². The van der Waals surface area contributed by atoms with Crippen LogP contribution in [0.4, 0.5) is 13.2 Å². The fourth-order valence-corrected chi connectivity index (χ4v) is 4.90. The van der Waals surface area contributed by atoms with Crippen LogP contribution in [0.1, 0.15) is 23.7 Å². The molecule has 0 bridgehead atoms. The molecular weight excluding hydrogens is 413 g/mol. The number of rotatable bonds is 6. The first-order valence-corrected chi connectivity index (χ1v) is 9.79. The minimum absolute atomic E-state index is 0.0886. The summed E-state index contributed by atoms with van der Waals surface area (Å²) in [6.07, 6.45) is -4.12. The number of carboxylic acid groups (broad SMARTS) is 1. The number of hydrogen-bond acceptors (Lipinski definition) is 6. The molecule has 2 N–H and O–H groups in total. The van der Waals surface area contributed by atoms with Gasteiger partial charge in [-0.05, 0) is 36.1 Å². The first-order valence-electron chi connectivity index (χ1n) is 8.16. The molecule has 2 aromatic heterocycles. The Kier molecular flexibility index (Phi) is 4.72. The van der Waals surface area contributed by atoms with Gasteiger partial charge >= 0.3 is 12.1 Å². The van der Waals surface area contributed by atoms with Gasteiger partial charge in [-0.15, -0.1) is 11.3 Å². The number of benzene rings is 1. The van der Waals surface area contributed by atoms with Crippen molar-refractivity contribution < 1.29 is 27.6 Å². The molecule has 28 heavy (non-hydrogen) atoms. The van der Waals surface area contributed by atoms with Crippen LogP contribution in [0.5, 0.6) is 0 Å². The Balaban J connectivity index is 1.46. The number of carboxylic acids is 1. The maximum absolute atomic E-state index is 12.6. The van der Waals surface area contributed by atoms with Crippen molar-refractivity contribution in [3.63, 3.8) is 0 Å². The zero-order valence-electron chi connectivity index (χ0n) is 14.1. The van der Waals surface area contributed by atoms with Crippen molar-refractivity contribution in [3.8, 4) is 10.6 Å². The smallest absolute Gasteiger partial charge is 0.452 e. The van der Waals surface area contributed by atoms with Gasteiger partial charge in [0.1, 0.15) is 11.2 Å². The number of alkyl halides is 3. The largest absolute Gasteiger partial charge is 0.480 e. The van der Waals surface area contributed by atoms with Gasteiger partial charge in [0, 0.05) is 12.0 Å². The fraction of sp³-hybridized carbons (Fsp3) is 0.222. The Labute approximate surface area is 165 Å². The van der Waals surface area contributed by atoms with Crippen LogP contribution in [-0.2, 0) is 11.0 Å². The first-order chi connectivity index (χ1) is 13.3. The summed E-state index contributed by atoms with van der Waals surface area (Å²) in [7, 11) is 0. The van der Waals surface area contributed by atoms with Crippen molar-refractivity contribution in [3.05, 3.63) is 59.9 Å². The lowest BCUT2D eigenvalue weighted by atomic mass is 10.1. The Morgan fingerprint density at radius 3 is 2.68 bits per heavy atom. The van der Waals surface area contributed by atoms with E-state index in [4.69, 9.17) is 0 Å². The lowest BCUT2D eigenvalue weighted by Crippen LogP contribution is -2.36. The topological polar surface area (TPSA) is 75.4 Å². The summed E-state index contributed by atoms with van der Waals surface area (Å²) in [5.41, 5.74) is -0.0223. The van der Waals surface area contributed by atoms with Gasteiger partial charge in [0.05, 0.1) is 9.09 Å². The van der Waals surface area contributed by atoms with Gasteiger partial charge in [0.15, 0.2) is 0 Å². The van der Waals surface area contributed by atoms with Gasteiger partial charge < -0.3 is 9.63 Å². The molecule has 5 nitrogen and oxygen atoms in total. The van der Waals surface area contributed by atoms with Crippen molar-refractivity contribution in [1.29, 1.82) is 0 Å². The SMILES string of the molecule is O=C(O)C1(NSc2ccc(-c3cc(C(F)(F)F)on3)s2)CC1c1ccccc1. The van der Waals surface area contributed by atoms with Gasteiger partial charge in [0.25, 0.3) is 0 Å². The van der Waals surface area contributed by atoms with E-state index in [0.717, 1.165) is 23.6 Å². The molecule has 0 amide bonds. The predicted octanol–water partition coefficient (Wildman–Crippen LogP) is 5.03. The standard InChI is InChI=1S/C18H13F3N2O3S2/c19-18(20,21)14-8-12(22-26-14)13-6-7-15(27-13)28-23-17(16(24)25)9-11(17)10-4-2-1-3-5-10/h1-8,11,23H,9H2,(H,24,25). The van der Waals surface area contributed by atoms with Crippen molar-refractivity contribution in [1.82, 2.24) is 9.88 Å². The lowest BCUT2D eigenvalue weighted by Gasteiger charge is -2.13.